The van der Waals surface area contributed by atoms with Crippen LogP contribution in [0.3, 0.4) is 0 Å². The maximum atomic E-state index is 6.28. The van der Waals surface area contributed by atoms with Crippen LogP contribution in [0.2, 0.25) is 0 Å². The Labute approximate surface area is 303 Å². The van der Waals surface area contributed by atoms with Crippen LogP contribution in [0.1, 0.15) is 0 Å². The van der Waals surface area contributed by atoms with Crippen LogP contribution >= 0.6 is 0 Å². The van der Waals surface area contributed by atoms with Gasteiger partial charge in [-0.15, -0.1) is 0 Å². The number of hydrogen-bond acceptors (Lipinski definition) is 5. The van der Waals surface area contributed by atoms with Gasteiger partial charge >= 0.3 is 0 Å². The molecule has 0 amide bonds. The van der Waals surface area contributed by atoms with E-state index in [1.54, 1.807) is 0 Å². The van der Waals surface area contributed by atoms with Gasteiger partial charge in [0.15, 0.2) is 17.5 Å². The van der Waals surface area contributed by atoms with Crippen molar-refractivity contribution in [2.75, 3.05) is 0 Å². The van der Waals surface area contributed by atoms with Crippen LogP contribution in [0.5, 0.6) is 0 Å². The third-order valence-corrected chi connectivity index (χ3v) is 10.4. The fourth-order valence-electron chi connectivity index (χ4n) is 8.02. The molecule has 0 aliphatic rings. The van der Waals surface area contributed by atoms with E-state index in [1.807, 2.05) is 48.8 Å². The number of hydrogen-bond donors (Lipinski definition) is 0. The minimum absolute atomic E-state index is 0.617. The summed E-state index contributed by atoms with van der Waals surface area (Å²) < 4.78 is 6.28. The number of benzene rings is 8. The molecule has 0 unspecified atom stereocenters. The number of pyridine rings is 1. The van der Waals surface area contributed by atoms with Gasteiger partial charge in [0.25, 0.3) is 0 Å². The standard InChI is InChI=1S/C48H28N4O/c1-2-12-30(13-3-1)46-50-47(52-48(51-46)40-27-31-25-26-49-28-41(31)37-24-23-29-11-4-5-14-32(29)44(37)40)38-20-9-16-33-34(17-8-18-35(33)38)36-19-10-22-43-45(36)39-15-6-7-21-42(39)53-43/h1-28H. The topological polar surface area (TPSA) is 64.7 Å². The Hall–Kier alpha value is -7.24. The summed E-state index contributed by atoms with van der Waals surface area (Å²) in [5, 5.41) is 11.1. The highest BCUT2D eigenvalue weighted by Crippen LogP contribution is 2.42. The molecule has 8 aromatic carbocycles. The molecular weight excluding hydrogens is 649 g/mol. The zero-order valence-electron chi connectivity index (χ0n) is 28.4. The van der Waals surface area contributed by atoms with Gasteiger partial charge in [0.2, 0.25) is 0 Å². The van der Waals surface area contributed by atoms with Gasteiger partial charge in [0, 0.05) is 50.6 Å². The van der Waals surface area contributed by atoms with E-state index >= 15 is 0 Å². The molecule has 0 bridgehead atoms. The Balaban J connectivity index is 1.20. The number of aromatic nitrogens is 4. The molecule has 0 aliphatic heterocycles. The maximum Gasteiger partial charge on any atom is 0.164 e. The second-order valence-corrected chi connectivity index (χ2v) is 13.4. The lowest BCUT2D eigenvalue weighted by atomic mass is 9.92. The molecule has 3 aromatic heterocycles. The molecule has 5 nitrogen and oxygen atoms in total. The van der Waals surface area contributed by atoms with Crippen LogP contribution in [-0.2, 0) is 0 Å². The van der Waals surface area contributed by atoms with Crippen molar-refractivity contribution in [2.24, 2.45) is 0 Å². The van der Waals surface area contributed by atoms with E-state index in [0.29, 0.717) is 17.5 Å². The molecule has 0 saturated heterocycles. The average Bonchev–Trinajstić information content (AvgIpc) is 3.62. The van der Waals surface area contributed by atoms with E-state index in [4.69, 9.17) is 19.4 Å². The van der Waals surface area contributed by atoms with Crippen molar-refractivity contribution >= 4 is 65.0 Å². The Kier molecular flexibility index (Phi) is 6.48. The molecule has 0 saturated carbocycles. The summed E-state index contributed by atoms with van der Waals surface area (Å²) in [6, 6.07) is 54.8. The van der Waals surface area contributed by atoms with Gasteiger partial charge in [-0.3, -0.25) is 4.98 Å². The largest absolute Gasteiger partial charge is 0.456 e. The van der Waals surface area contributed by atoms with Crippen LogP contribution in [0, 0.1) is 0 Å². The molecular formula is C48H28N4O. The van der Waals surface area contributed by atoms with Crippen LogP contribution in [0.15, 0.2) is 175 Å². The van der Waals surface area contributed by atoms with Crippen molar-refractivity contribution in [2.45, 2.75) is 0 Å². The minimum Gasteiger partial charge on any atom is -0.456 e. The molecule has 0 aliphatic carbocycles. The third kappa shape index (κ3) is 4.64. The summed E-state index contributed by atoms with van der Waals surface area (Å²) >= 11 is 0. The zero-order chi connectivity index (χ0) is 34.9. The quantitative estimate of drug-likeness (QED) is 0.174. The van der Waals surface area contributed by atoms with Gasteiger partial charge in [-0.1, -0.05) is 133 Å². The predicted molar refractivity (Wildman–Crippen MR) is 217 cm³/mol. The molecule has 11 rings (SSSR count). The Morgan fingerprint density at radius 3 is 1.91 bits per heavy atom. The fourth-order valence-corrected chi connectivity index (χ4v) is 8.02. The van der Waals surface area contributed by atoms with E-state index in [-0.39, 0.29) is 0 Å². The number of nitrogens with zero attached hydrogens (tertiary/aromatic N) is 4. The Morgan fingerprint density at radius 2 is 1.02 bits per heavy atom. The second-order valence-electron chi connectivity index (χ2n) is 13.4. The lowest BCUT2D eigenvalue weighted by Gasteiger charge is -2.15. The summed E-state index contributed by atoms with van der Waals surface area (Å²) in [4.78, 5) is 20.2. The van der Waals surface area contributed by atoms with E-state index < -0.39 is 0 Å². The number of para-hydroxylation sites is 1. The molecule has 11 aromatic rings. The Morgan fingerprint density at radius 1 is 0.358 bits per heavy atom. The first kappa shape index (κ1) is 29.5. The van der Waals surface area contributed by atoms with E-state index in [1.165, 1.54) is 0 Å². The van der Waals surface area contributed by atoms with Gasteiger partial charge < -0.3 is 4.42 Å². The van der Waals surface area contributed by atoms with Crippen molar-refractivity contribution < 1.29 is 4.42 Å². The van der Waals surface area contributed by atoms with Gasteiger partial charge in [0.05, 0.1) is 0 Å². The van der Waals surface area contributed by atoms with E-state index in [2.05, 4.69) is 126 Å². The molecule has 0 radical (unpaired) electrons. The van der Waals surface area contributed by atoms with E-state index in [9.17, 15) is 0 Å². The first-order valence-corrected chi connectivity index (χ1v) is 17.7. The smallest absolute Gasteiger partial charge is 0.164 e. The lowest BCUT2D eigenvalue weighted by molar-refractivity contribution is 0.669. The lowest BCUT2D eigenvalue weighted by Crippen LogP contribution is -2.01. The van der Waals surface area contributed by atoms with Crippen LogP contribution < -0.4 is 0 Å². The minimum atomic E-state index is 0.617. The monoisotopic (exact) mass is 676 g/mol. The Bertz CT molecular complexity index is 3240. The molecule has 5 heteroatoms. The van der Waals surface area contributed by atoms with E-state index in [0.717, 1.165) is 92.8 Å². The summed E-state index contributed by atoms with van der Waals surface area (Å²) in [5.41, 5.74) is 6.82. The zero-order valence-corrected chi connectivity index (χ0v) is 28.4. The average molecular weight is 677 g/mol. The highest BCUT2D eigenvalue weighted by atomic mass is 16.3. The number of rotatable bonds is 4. The summed E-state index contributed by atoms with van der Waals surface area (Å²) in [5.74, 6) is 1.86. The molecule has 3 heterocycles. The first-order chi connectivity index (χ1) is 26.3. The second kappa shape index (κ2) is 11.7. The third-order valence-electron chi connectivity index (χ3n) is 10.4. The van der Waals surface area contributed by atoms with Crippen molar-refractivity contribution in [3.63, 3.8) is 0 Å². The van der Waals surface area contributed by atoms with Gasteiger partial charge in [0.1, 0.15) is 11.2 Å². The predicted octanol–water partition coefficient (Wildman–Crippen LogP) is 12.4. The summed E-state index contributed by atoms with van der Waals surface area (Å²) in [7, 11) is 0. The maximum absolute atomic E-state index is 6.28. The molecule has 0 fully saturated rings. The molecule has 0 spiro atoms. The number of furan rings is 1. The van der Waals surface area contributed by atoms with Crippen LogP contribution in [0.25, 0.3) is 110 Å². The van der Waals surface area contributed by atoms with Crippen LogP contribution in [-0.4, -0.2) is 19.9 Å². The molecule has 53 heavy (non-hydrogen) atoms. The molecule has 246 valence electrons. The summed E-state index contributed by atoms with van der Waals surface area (Å²) in [6.45, 7) is 0. The number of fused-ring (bicyclic) bond motifs is 9. The SMILES string of the molecule is c1ccc(-c2nc(-c3cccc4c(-c5cccc6oc7ccccc7c56)cccc34)nc(-c3cc4ccncc4c4ccc5ccccc5c34)n2)cc1. The van der Waals surface area contributed by atoms with Gasteiger partial charge in [-0.05, 0) is 67.7 Å². The normalized spacial score (nSPS) is 11.8. The van der Waals surface area contributed by atoms with Crippen molar-refractivity contribution in [1.82, 2.24) is 19.9 Å². The molecule has 0 N–H and O–H groups in total. The van der Waals surface area contributed by atoms with Crippen molar-refractivity contribution in [1.29, 1.82) is 0 Å². The van der Waals surface area contributed by atoms with Crippen LogP contribution in [0.4, 0.5) is 0 Å². The molecule has 0 atom stereocenters. The van der Waals surface area contributed by atoms with Gasteiger partial charge in [-0.2, -0.15) is 0 Å². The summed E-state index contributed by atoms with van der Waals surface area (Å²) in [6.07, 6.45) is 3.79. The fraction of sp³-hybridized carbons (Fsp3) is 0. The van der Waals surface area contributed by atoms with Gasteiger partial charge in [-0.25, -0.2) is 15.0 Å². The highest BCUT2D eigenvalue weighted by Gasteiger charge is 2.20. The first-order valence-electron chi connectivity index (χ1n) is 17.7. The van der Waals surface area contributed by atoms with Crippen molar-refractivity contribution in [3.05, 3.63) is 170 Å². The highest BCUT2D eigenvalue weighted by molar-refractivity contribution is 6.22. The van der Waals surface area contributed by atoms with Crippen molar-refractivity contribution in [3.8, 4) is 45.3 Å².